The highest BCUT2D eigenvalue weighted by Crippen LogP contribution is 2.67. The zero-order valence-corrected chi connectivity index (χ0v) is 27.8. The van der Waals surface area contributed by atoms with Crippen molar-refractivity contribution in [1.29, 1.82) is 0 Å². The Morgan fingerprint density at radius 2 is 1.19 bits per heavy atom. The zero-order chi connectivity index (χ0) is 34.2. The van der Waals surface area contributed by atoms with Crippen LogP contribution in [0, 0.1) is 27.7 Å². The molecule has 0 bridgehead atoms. The van der Waals surface area contributed by atoms with Gasteiger partial charge in [-0.2, -0.15) is 26.3 Å². The quantitative estimate of drug-likeness (QED) is 0.160. The molecule has 0 radical (unpaired) electrons. The number of ether oxygens (including phenoxy) is 1. The first-order valence-electron chi connectivity index (χ1n) is 14.5. The summed E-state index contributed by atoms with van der Waals surface area (Å²) in [5.41, 5.74) is -0.472. The van der Waals surface area contributed by atoms with Gasteiger partial charge in [0.2, 0.25) is 0 Å². The number of methoxy groups -OCH3 is 1. The van der Waals surface area contributed by atoms with Gasteiger partial charge in [-0.1, -0.05) is 49.6 Å². The molecule has 0 saturated heterocycles. The number of benzene rings is 2. The van der Waals surface area contributed by atoms with E-state index in [1.165, 1.54) is 34.8 Å². The number of hydrogen-bond donors (Lipinski definition) is 0. The predicted octanol–water partition coefficient (Wildman–Crippen LogP) is 11.6. The van der Waals surface area contributed by atoms with Crippen molar-refractivity contribution in [2.24, 2.45) is 0 Å². The molecule has 0 fully saturated rings. The number of fused-ring (bicyclic) bond motifs is 1. The summed E-state index contributed by atoms with van der Waals surface area (Å²) in [5, 5.41) is 0.879. The lowest BCUT2D eigenvalue weighted by atomic mass is 9.89. The molecule has 5 aromatic rings. The maximum atomic E-state index is 16.0. The van der Waals surface area contributed by atoms with Crippen LogP contribution in [0.15, 0.2) is 73.8 Å². The van der Waals surface area contributed by atoms with E-state index in [1.54, 1.807) is 30.3 Å². The molecular weight excluding hydrogens is 653 g/mol. The number of para-hydroxylation sites is 1. The van der Waals surface area contributed by atoms with Crippen molar-refractivity contribution in [3.8, 4) is 5.75 Å². The standard InChI is InChI=1S/C37H29F6NOS2/c1-18(24-12-15-26(45-7)16-13-24)33-20(3)29(22(5)46-33)31-32(36(40,41)37(42,43)35(31,38)39)30-21(4)34(47-23(30)6)19(2)27-17-14-25-10-8-9-11-28(25)44-27/h8-17H,1-2H2,3-7H3. The van der Waals surface area contributed by atoms with E-state index in [-0.39, 0.29) is 32.0 Å². The first-order valence-corrected chi connectivity index (χ1v) is 16.2. The van der Waals surface area contributed by atoms with Crippen LogP contribution in [-0.2, 0) is 0 Å². The number of nitrogens with zero attached hydrogens (tertiary/aromatic N) is 1. The van der Waals surface area contributed by atoms with Gasteiger partial charge in [0.1, 0.15) is 5.75 Å². The molecule has 0 aliphatic heterocycles. The molecule has 2 aromatic carbocycles. The SMILES string of the molecule is C=C(c1ccc(OC)cc1)c1sc(C)c(C2=C(c3c(C)sc(C(=C)c4ccc5ccccc5n4)c3C)C(F)(F)C(F)(F)C2(F)F)c1C. The van der Waals surface area contributed by atoms with Crippen LogP contribution in [0.1, 0.15) is 53.0 Å². The molecule has 0 unspecified atom stereocenters. The Kier molecular flexibility index (Phi) is 7.83. The summed E-state index contributed by atoms with van der Waals surface area (Å²) >= 11 is 2.08. The van der Waals surface area contributed by atoms with Gasteiger partial charge in [0.15, 0.2) is 0 Å². The highest BCUT2D eigenvalue weighted by Gasteiger charge is 2.80. The summed E-state index contributed by atoms with van der Waals surface area (Å²) in [6.45, 7) is 14.1. The third kappa shape index (κ3) is 4.79. The fourth-order valence-electron chi connectivity index (χ4n) is 6.28. The molecule has 6 rings (SSSR count). The maximum Gasteiger partial charge on any atom is 0.380 e. The number of aromatic nitrogens is 1. The van der Waals surface area contributed by atoms with Crippen LogP contribution in [-0.4, -0.2) is 29.9 Å². The van der Waals surface area contributed by atoms with Gasteiger partial charge >= 0.3 is 17.8 Å². The average Bonchev–Trinajstić information content (AvgIpc) is 3.53. The van der Waals surface area contributed by atoms with Crippen LogP contribution < -0.4 is 4.74 Å². The molecule has 0 N–H and O–H groups in total. The van der Waals surface area contributed by atoms with E-state index in [1.807, 2.05) is 30.3 Å². The van der Waals surface area contributed by atoms with Crippen molar-refractivity contribution in [1.82, 2.24) is 4.98 Å². The molecule has 3 heterocycles. The number of hydrogen-bond acceptors (Lipinski definition) is 4. The zero-order valence-electron chi connectivity index (χ0n) is 26.1. The number of allylic oxidation sites excluding steroid dienone is 2. The number of alkyl halides is 6. The van der Waals surface area contributed by atoms with Gasteiger partial charge in [0, 0.05) is 52.7 Å². The van der Waals surface area contributed by atoms with E-state index in [0.717, 1.165) is 28.1 Å². The third-order valence-corrected chi connectivity index (χ3v) is 11.2. The normalized spacial score (nSPS) is 16.6. The topological polar surface area (TPSA) is 22.1 Å². The second-order valence-electron chi connectivity index (χ2n) is 11.5. The van der Waals surface area contributed by atoms with Crippen LogP contribution in [0.3, 0.4) is 0 Å². The van der Waals surface area contributed by atoms with Gasteiger partial charge in [-0.05, 0) is 74.2 Å². The Balaban J connectivity index is 1.56. The second kappa shape index (κ2) is 11.2. The molecule has 47 heavy (non-hydrogen) atoms. The van der Waals surface area contributed by atoms with Gasteiger partial charge < -0.3 is 4.74 Å². The third-order valence-electron chi connectivity index (χ3n) is 8.71. The number of halogens is 6. The molecule has 242 valence electrons. The molecule has 1 aliphatic rings. The van der Waals surface area contributed by atoms with Crippen LogP contribution in [0.2, 0.25) is 0 Å². The summed E-state index contributed by atoms with van der Waals surface area (Å²) in [6, 6.07) is 17.8. The second-order valence-corrected chi connectivity index (χ2v) is 14.0. The van der Waals surface area contributed by atoms with Gasteiger partial charge in [0.05, 0.1) is 18.3 Å². The Hall–Kier alpha value is -4.15. The number of rotatable bonds is 7. The average molecular weight is 682 g/mol. The smallest absolute Gasteiger partial charge is 0.380 e. The van der Waals surface area contributed by atoms with Crippen molar-refractivity contribution >= 4 is 55.9 Å². The van der Waals surface area contributed by atoms with Crippen molar-refractivity contribution in [3.63, 3.8) is 0 Å². The first-order chi connectivity index (χ1) is 22.0. The highest BCUT2D eigenvalue weighted by molar-refractivity contribution is 7.14. The molecule has 0 spiro atoms. The fraction of sp³-hybridized carbons (Fsp3) is 0.216. The Morgan fingerprint density at radius 1 is 0.681 bits per heavy atom. The lowest BCUT2D eigenvalue weighted by Gasteiger charge is -2.26. The molecule has 1 aliphatic carbocycles. The molecule has 10 heteroatoms. The van der Waals surface area contributed by atoms with E-state index in [9.17, 15) is 0 Å². The van der Waals surface area contributed by atoms with Crippen molar-refractivity contribution in [2.75, 3.05) is 7.11 Å². The van der Waals surface area contributed by atoms with E-state index >= 15 is 26.3 Å². The number of thiophene rings is 2. The molecule has 3 aromatic heterocycles. The maximum absolute atomic E-state index is 16.0. The summed E-state index contributed by atoms with van der Waals surface area (Å²) < 4.78 is 99.9. The van der Waals surface area contributed by atoms with E-state index in [4.69, 9.17) is 4.74 Å². The molecule has 2 nitrogen and oxygen atoms in total. The Morgan fingerprint density at radius 3 is 1.72 bits per heavy atom. The fourth-order valence-corrected chi connectivity index (χ4v) is 8.59. The summed E-state index contributed by atoms with van der Waals surface area (Å²) in [5.74, 6) is -15.5. The van der Waals surface area contributed by atoms with Crippen molar-refractivity contribution < 1.29 is 31.1 Å². The summed E-state index contributed by atoms with van der Waals surface area (Å²) in [6.07, 6.45) is 0. The van der Waals surface area contributed by atoms with Crippen molar-refractivity contribution in [3.05, 3.63) is 127 Å². The Labute approximate surface area is 276 Å². The summed E-state index contributed by atoms with van der Waals surface area (Å²) in [4.78, 5) is 5.85. The van der Waals surface area contributed by atoms with Crippen LogP contribution in [0.4, 0.5) is 26.3 Å². The largest absolute Gasteiger partial charge is 0.497 e. The lowest BCUT2D eigenvalue weighted by molar-refractivity contribution is -0.254. The Bertz CT molecular complexity index is 2140. The van der Waals surface area contributed by atoms with Crippen LogP contribution >= 0.6 is 22.7 Å². The predicted molar refractivity (Wildman–Crippen MR) is 180 cm³/mol. The van der Waals surface area contributed by atoms with Gasteiger partial charge in [0.25, 0.3) is 0 Å². The summed E-state index contributed by atoms with van der Waals surface area (Å²) in [7, 11) is 1.51. The molecule has 0 atom stereocenters. The molecule has 0 amide bonds. The first kappa shape index (κ1) is 32.8. The van der Waals surface area contributed by atoms with E-state index in [2.05, 4.69) is 18.1 Å². The van der Waals surface area contributed by atoms with Crippen molar-refractivity contribution in [2.45, 2.75) is 45.5 Å². The minimum absolute atomic E-state index is 0.154. The van der Waals surface area contributed by atoms with Crippen LogP contribution in [0.5, 0.6) is 5.75 Å². The molecule has 0 saturated carbocycles. The van der Waals surface area contributed by atoms with Gasteiger partial charge in [-0.3, -0.25) is 0 Å². The van der Waals surface area contributed by atoms with Crippen LogP contribution in [0.25, 0.3) is 33.2 Å². The van der Waals surface area contributed by atoms with Gasteiger partial charge in [-0.15, -0.1) is 22.7 Å². The molecular formula is C37H29F6NOS2. The van der Waals surface area contributed by atoms with Gasteiger partial charge in [-0.25, -0.2) is 4.98 Å². The highest BCUT2D eigenvalue weighted by atomic mass is 32.1. The number of aryl methyl sites for hydroxylation is 2. The van der Waals surface area contributed by atoms with E-state index < -0.39 is 28.9 Å². The minimum atomic E-state index is -5.68. The van der Waals surface area contributed by atoms with E-state index in [0.29, 0.717) is 43.4 Å². The minimum Gasteiger partial charge on any atom is -0.497 e. The number of pyridine rings is 1. The monoisotopic (exact) mass is 681 g/mol. The lowest BCUT2D eigenvalue weighted by Crippen LogP contribution is -2.49.